The number of alkyl carbamates (subject to hydrolysis) is 2. The van der Waals surface area contributed by atoms with Crippen molar-refractivity contribution in [3.63, 3.8) is 0 Å². The molecule has 0 rings (SSSR count). The molecule has 340 valence electrons. The molecule has 0 aliphatic heterocycles. The molecule has 0 aromatic rings. The Labute approximate surface area is 344 Å². The summed E-state index contributed by atoms with van der Waals surface area (Å²) < 4.78 is 53.3. The van der Waals surface area contributed by atoms with Crippen LogP contribution in [0.1, 0.15) is 67.7 Å². The van der Waals surface area contributed by atoms with Crippen LogP contribution in [-0.2, 0) is 61.8 Å². The highest BCUT2D eigenvalue weighted by molar-refractivity contribution is 5.88. The van der Waals surface area contributed by atoms with Gasteiger partial charge in [-0.3, -0.25) is 14.4 Å². The highest BCUT2D eigenvalue weighted by Gasteiger charge is 2.21. The van der Waals surface area contributed by atoms with E-state index < -0.39 is 35.3 Å². The second-order valence-electron chi connectivity index (χ2n) is 14.5. The Morgan fingerprint density at radius 1 is 0.448 bits per heavy atom. The third-order valence-electron chi connectivity index (χ3n) is 6.80. The Kier molecular flexibility index (Phi) is 33.5. The highest BCUT2D eigenvalue weighted by Crippen LogP contribution is 2.07. The average Bonchev–Trinajstić information content (AvgIpc) is 3.13. The third-order valence-corrected chi connectivity index (χ3v) is 6.80. The Hall–Kier alpha value is -3.37. The van der Waals surface area contributed by atoms with E-state index in [9.17, 15) is 24.0 Å². The fourth-order valence-electron chi connectivity index (χ4n) is 4.28. The molecule has 0 saturated carbocycles. The summed E-state index contributed by atoms with van der Waals surface area (Å²) in [6.07, 6.45) is 0.450. The summed E-state index contributed by atoms with van der Waals surface area (Å²) >= 11 is 0. The van der Waals surface area contributed by atoms with Gasteiger partial charge in [0, 0.05) is 32.8 Å². The maximum Gasteiger partial charge on any atom is 0.407 e. The van der Waals surface area contributed by atoms with Crippen LogP contribution in [0.25, 0.3) is 0 Å². The van der Waals surface area contributed by atoms with Crippen LogP contribution in [0.2, 0.25) is 0 Å². The molecule has 1 atom stereocenters. The second kappa shape index (κ2) is 35.6. The summed E-state index contributed by atoms with van der Waals surface area (Å²) in [5, 5.41) is 13.5. The average molecular weight is 840 g/mol. The highest BCUT2D eigenvalue weighted by atomic mass is 16.6. The van der Waals surface area contributed by atoms with Crippen LogP contribution in [-0.4, -0.2) is 179 Å². The van der Waals surface area contributed by atoms with Gasteiger partial charge in [-0.15, -0.1) is 0 Å². The fraction of sp³-hybridized carbons (Fsp3) is 0.868. The molecule has 0 aromatic carbocycles. The fourth-order valence-corrected chi connectivity index (χ4v) is 4.28. The van der Waals surface area contributed by atoms with E-state index in [2.05, 4.69) is 26.6 Å². The molecule has 58 heavy (non-hydrogen) atoms. The molecule has 20 heteroatoms. The minimum atomic E-state index is -0.809. The van der Waals surface area contributed by atoms with Crippen molar-refractivity contribution in [1.29, 1.82) is 0 Å². The van der Waals surface area contributed by atoms with Crippen LogP contribution in [0.5, 0.6) is 0 Å². The maximum absolute atomic E-state index is 12.9. The molecule has 0 aromatic heterocycles. The van der Waals surface area contributed by atoms with Crippen molar-refractivity contribution in [2.75, 3.05) is 132 Å². The van der Waals surface area contributed by atoms with E-state index in [4.69, 9.17) is 47.4 Å². The van der Waals surface area contributed by atoms with Crippen molar-refractivity contribution < 1.29 is 71.3 Å². The first-order valence-corrected chi connectivity index (χ1v) is 20.0. The van der Waals surface area contributed by atoms with Gasteiger partial charge < -0.3 is 74.0 Å². The number of rotatable bonds is 36. The quantitative estimate of drug-likeness (QED) is 0.0555. The lowest BCUT2D eigenvalue weighted by molar-refractivity contribution is -0.132. The minimum Gasteiger partial charge on any atom is -0.444 e. The van der Waals surface area contributed by atoms with Gasteiger partial charge in [-0.05, 0) is 67.7 Å². The van der Waals surface area contributed by atoms with Crippen LogP contribution >= 0.6 is 0 Å². The van der Waals surface area contributed by atoms with E-state index >= 15 is 0 Å². The van der Waals surface area contributed by atoms with E-state index in [0.29, 0.717) is 105 Å². The van der Waals surface area contributed by atoms with Crippen molar-refractivity contribution in [2.24, 2.45) is 0 Å². The summed E-state index contributed by atoms with van der Waals surface area (Å²) in [6, 6.07) is -0.809. The van der Waals surface area contributed by atoms with Crippen LogP contribution in [0.3, 0.4) is 0 Å². The lowest BCUT2D eigenvalue weighted by Crippen LogP contribution is -2.48. The van der Waals surface area contributed by atoms with Crippen molar-refractivity contribution in [3.05, 3.63) is 0 Å². The van der Waals surface area contributed by atoms with E-state index in [-0.39, 0.29) is 58.0 Å². The third kappa shape index (κ3) is 39.5. The number of hydrogen-bond donors (Lipinski definition) is 5. The standard InChI is InChI=1S/C38H73N5O15/c1-8-49-19-20-50-16-13-40-34(46)31(43-33(45)30-56-28-26-54-24-22-52-18-15-42-36(48)58-38(5,6)7)11-9-10-12-39-32(44)29-55-27-25-53-23-21-51-17-14-41-35(47)57-37(2,3)4/h31H,8-30H2,1-7H3,(H,39,44)(H,40,46)(H,41,47)(H,42,48)(H,43,45). The van der Waals surface area contributed by atoms with Gasteiger partial charge in [0.15, 0.2) is 0 Å². The van der Waals surface area contributed by atoms with Crippen LogP contribution in [0.15, 0.2) is 0 Å². The Morgan fingerprint density at radius 2 is 0.845 bits per heavy atom. The molecule has 1 unspecified atom stereocenters. The van der Waals surface area contributed by atoms with Crippen LogP contribution < -0.4 is 26.6 Å². The molecular formula is C38H73N5O15. The first kappa shape index (κ1) is 54.6. The van der Waals surface area contributed by atoms with E-state index in [0.717, 1.165) is 0 Å². The molecule has 0 aliphatic rings. The molecule has 5 amide bonds. The molecule has 0 fully saturated rings. The lowest BCUT2D eigenvalue weighted by Gasteiger charge is -2.19. The van der Waals surface area contributed by atoms with Gasteiger partial charge in [0.1, 0.15) is 30.5 Å². The maximum atomic E-state index is 12.9. The molecule has 20 nitrogen and oxygen atoms in total. The number of amides is 5. The molecule has 0 radical (unpaired) electrons. The van der Waals surface area contributed by atoms with Gasteiger partial charge in [-0.1, -0.05) is 0 Å². The number of hydrogen-bond acceptors (Lipinski definition) is 15. The summed E-state index contributed by atoms with van der Waals surface area (Å²) in [5.74, 6) is -1.09. The normalized spacial score (nSPS) is 12.1. The van der Waals surface area contributed by atoms with E-state index in [1.165, 1.54) is 0 Å². The summed E-state index contributed by atoms with van der Waals surface area (Å²) in [6.45, 7) is 18.1. The monoisotopic (exact) mass is 840 g/mol. The summed E-state index contributed by atoms with van der Waals surface area (Å²) in [4.78, 5) is 60.9. The largest absolute Gasteiger partial charge is 0.444 e. The molecule has 0 spiro atoms. The van der Waals surface area contributed by atoms with Crippen LogP contribution in [0, 0.1) is 0 Å². The number of unbranched alkanes of at least 4 members (excludes halogenated alkanes) is 1. The van der Waals surface area contributed by atoms with Crippen molar-refractivity contribution in [3.8, 4) is 0 Å². The van der Waals surface area contributed by atoms with Gasteiger partial charge in [0.05, 0.1) is 85.9 Å². The van der Waals surface area contributed by atoms with E-state index in [1.54, 1.807) is 41.5 Å². The minimum absolute atomic E-state index is 0.127. The van der Waals surface area contributed by atoms with Crippen molar-refractivity contribution >= 4 is 29.9 Å². The predicted octanol–water partition coefficient (Wildman–Crippen LogP) is 1.08. The SMILES string of the molecule is CCOCCOCCNC(=O)C(CCCCNC(=O)COCCOCCOCCNC(=O)OC(C)(C)C)NC(=O)COCCOCCOCCNC(=O)OC(C)(C)C. The number of carbonyl (C=O) groups excluding carboxylic acids is 5. The first-order valence-electron chi connectivity index (χ1n) is 20.0. The molecule has 0 bridgehead atoms. The Balaban J connectivity index is 4.21. The second-order valence-corrected chi connectivity index (χ2v) is 14.5. The molecular weight excluding hydrogens is 766 g/mol. The predicted molar refractivity (Wildman–Crippen MR) is 213 cm³/mol. The topological polar surface area (TPSA) is 238 Å². The smallest absolute Gasteiger partial charge is 0.407 e. The van der Waals surface area contributed by atoms with Gasteiger partial charge in [0.25, 0.3) is 0 Å². The zero-order valence-electron chi connectivity index (χ0n) is 36.0. The number of nitrogens with one attached hydrogen (secondary N) is 5. The zero-order chi connectivity index (χ0) is 43.3. The number of ether oxygens (including phenoxy) is 10. The van der Waals surface area contributed by atoms with Gasteiger partial charge >= 0.3 is 12.2 Å². The molecule has 0 saturated heterocycles. The molecule has 0 aliphatic carbocycles. The van der Waals surface area contributed by atoms with Crippen LogP contribution in [0.4, 0.5) is 9.59 Å². The summed E-state index contributed by atoms with van der Waals surface area (Å²) in [7, 11) is 0. The Bertz CT molecular complexity index is 1090. The molecule has 0 heterocycles. The van der Waals surface area contributed by atoms with Crippen molar-refractivity contribution in [2.45, 2.75) is 85.0 Å². The Morgan fingerprint density at radius 3 is 1.29 bits per heavy atom. The van der Waals surface area contributed by atoms with Gasteiger partial charge in [0.2, 0.25) is 17.7 Å². The lowest BCUT2D eigenvalue weighted by atomic mass is 10.1. The van der Waals surface area contributed by atoms with Gasteiger partial charge in [-0.25, -0.2) is 9.59 Å². The van der Waals surface area contributed by atoms with Crippen molar-refractivity contribution in [1.82, 2.24) is 26.6 Å². The first-order chi connectivity index (χ1) is 27.6. The summed E-state index contributed by atoms with van der Waals surface area (Å²) in [5.41, 5.74) is -1.13. The van der Waals surface area contributed by atoms with E-state index in [1.807, 2.05) is 6.92 Å². The number of carbonyl (C=O) groups is 5. The molecule has 5 N–H and O–H groups in total. The zero-order valence-corrected chi connectivity index (χ0v) is 36.0. The van der Waals surface area contributed by atoms with Gasteiger partial charge in [-0.2, -0.15) is 0 Å².